The van der Waals surface area contributed by atoms with Crippen LogP contribution < -0.4 is 0 Å². The molecule has 150 valence electrons. The van der Waals surface area contributed by atoms with E-state index in [0.717, 1.165) is 35.7 Å². The fraction of sp³-hybridized carbons (Fsp3) is 0.304. The van der Waals surface area contributed by atoms with Crippen molar-refractivity contribution >= 4 is 33.4 Å². The lowest BCUT2D eigenvalue weighted by Crippen LogP contribution is -2.37. The van der Waals surface area contributed by atoms with Gasteiger partial charge in [-0.15, -0.1) is 0 Å². The van der Waals surface area contributed by atoms with Crippen molar-refractivity contribution < 1.29 is 19.8 Å². The summed E-state index contributed by atoms with van der Waals surface area (Å²) in [6.07, 6.45) is 3.72. The van der Waals surface area contributed by atoms with Crippen molar-refractivity contribution in [3.63, 3.8) is 0 Å². The molecule has 1 saturated carbocycles. The monoisotopic (exact) mass is 455 g/mol. The zero-order valence-electron chi connectivity index (χ0n) is 16.1. The van der Waals surface area contributed by atoms with E-state index < -0.39 is 17.7 Å². The van der Waals surface area contributed by atoms with Crippen LogP contribution >= 0.6 is 15.9 Å². The van der Waals surface area contributed by atoms with E-state index in [-0.39, 0.29) is 23.1 Å². The number of benzene rings is 2. The van der Waals surface area contributed by atoms with E-state index in [0.29, 0.717) is 11.1 Å². The summed E-state index contributed by atoms with van der Waals surface area (Å²) in [4.78, 5) is 27.6. The molecule has 0 radical (unpaired) electrons. The SMILES string of the molecule is Cc1cc(/C(O)=C2/C(=O)C(=O)N(C3CCCC3)C2c2ccc(O)cc2)ccc1Br. The van der Waals surface area contributed by atoms with E-state index in [1.54, 1.807) is 29.2 Å². The summed E-state index contributed by atoms with van der Waals surface area (Å²) in [5.41, 5.74) is 2.22. The molecule has 4 rings (SSSR count). The fourth-order valence-electron chi connectivity index (χ4n) is 4.34. The highest BCUT2D eigenvalue weighted by Crippen LogP contribution is 2.43. The van der Waals surface area contributed by atoms with Crippen LogP contribution in [-0.2, 0) is 9.59 Å². The molecule has 6 heteroatoms. The molecule has 0 aromatic heterocycles. The molecule has 1 aliphatic heterocycles. The first kappa shape index (κ1) is 19.7. The minimum atomic E-state index is -0.664. The van der Waals surface area contributed by atoms with Gasteiger partial charge in [0.15, 0.2) is 0 Å². The number of phenols is 1. The molecule has 1 aliphatic carbocycles. The van der Waals surface area contributed by atoms with Crippen LogP contribution in [0.25, 0.3) is 5.76 Å². The van der Waals surface area contributed by atoms with Gasteiger partial charge >= 0.3 is 0 Å². The zero-order chi connectivity index (χ0) is 20.7. The number of Topliss-reactive ketones (excluding diaryl/α,β-unsaturated/α-hetero) is 1. The van der Waals surface area contributed by atoms with Gasteiger partial charge in [0, 0.05) is 16.1 Å². The number of aliphatic hydroxyl groups is 1. The van der Waals surface area contributed by atoms with Crippen LogP contribution in [0.2, 0.25) is 0 Å². The van der Waals surface area contributed by atoms with Crippen LogP contribution in [0.5, 0.6) is 5.75 Å². The van der Waals surface area contributed by atoms with Gasteiger partial charge in [-0.25, -0.2) is 0 Å². The Labute approximate surface area is 177 Å². The normalized spacial score (nSPS) is 21.9. The number of hydrogen-bond acceptors (Lipinski definition) is 4. The number of amides is 1. The van der Waals surface area contributed by atoms with Crippen LogP contribution in [0.15, 0.2) is 52.5 Å². The van der Waals surface area contributed by atoms with Gasteiger partial charge in [0.1, 0.15) is 11.5 Å². The second kappa shape index (κ2) is 7.67. The first-order chi connectivity index (χ1) is 13.9. The van der Waals surface area contributed by atoms with Crippen LogP contribution in [0.4, 0.5) is 0 Å². The van der Waals surface area contributed by atoms with Crippen molar-refractivity contribution in [3.05, 3.63) is 69.2 Å². The van der Waals surface area contributed by atoms with Gasteiger partial charge in [0.2, 0.25) is 0 Å². The summed E-state index contributed by atoms with van der Waals surface area (Å²) in [5, 5.41) is 20.8. The maximum Gasteiger partial charge on any atom is 0.295 e. The highest BCUT2D eigenvalue weighted by atomic mass is 79.9. The number of phenolic OH excluding ortho intramolecular Hbond substituents is 1. The topological polar surface area (TPSA) is 77.8 Å². The zero-order valence-corrected chi connectivity index (χ0v) is 17.6. The van der Waals surface area contributed by atoms with Gasteiger partial charge in [-0.05, 0) is 55.2 Å². The number of aromatic hydroxyl groups is 1. The molecule has 1 amide bonds. The molecule has 5 nitrogen and oxygen atoms in total. The Bertz CT molecular complexity index is 1010. The van der Waals surface area contributed by atoms with E-state index in [4.69, 9.17) is 0 Å². The Morgan fingerprint density at radius 3 is 2.34 bits per heavy atom. The maximum atomic E-state index is 13.0. The predicted octanol–water partition coefficient (Wildman–Crippen LogP) is 4.83. The van der Waals surface area contributed by atoms with E-state index >= 15 is 0 Å². The molecule has 1 saturated heterocycles. The third-order valence-corrected chi connectivity index (χ3v) is 6.73. The summed E-state index contributed by atoms with van der Waals surface area (Å²) in [6, 6.07) is 11.1. The molecular formula is C23H22BrNO4. The Kier molecular flexibility index (Phi) is 5.21. The number of ketones is 1. The van der Waals surface area contributed by atoms with Crippen molar-refractivity contribution in [2.24, 2.45) is 0 Å². The average molecular weight is 456 g/mol. The standard InChI is InChI=1S/C23H22BrNO4/c1-13-12-15(8-11-18(13)24)21(27)19-20(14-6-9-17(26)10-7-14)25(23(29)22(19)28)16-4-2-3-5-16/h6-12,16,20,26-27H,2-5H2,1H3/b21-19-. The molecule has 0 bridgehead atoms. The second-order valence-corrected chi connectivity index (χ2v) is 8.55. The van der Waals surface area contributed by atoms with Crippen molar-refractivity contribution in [2.45, 2.75) is 44.7 Å². The summed E-state index contributed by atoms with van der Waals surface area (Å²) in [6.45, 7) is 1.90. The lowest BCUT2D eigenvalue weighted by atomic mass is 9.94. The molecule has 1 atom stereocenters. The van der Waals surface area contributed by atoms with Crippen molar-refractivity contribution in [2.75, 3.05) is 0 Å². The van der Waals surface area contributed by atoms with Gasteiger partial charge in [-0.1, -0.05) is 47.0 Å². The molecule has 2 fully saturated rings. The van der Waals surface area contributed by atoms with Crippen molar-refractivity contribution in [1.82, 2.24) is 4.90 Å². The Hall–Kier alpha value is -2.60. The van der Waals surface area contributed by atoms with E-state index in [1.165, 1.54) is 12.1 Å². The number of carbonyl (C=O) groups is 2. The third kappa shape index (κ3) is 3.46. The van der Waals surface area contributed by atoms with E-state index in [9.17, 15) is 19.8 Å². The molecule has 1 unspecified atom stereocenters. The molecule has 2 aromatic rings. The van der Waals surface area contributed by atoms with Gasteiger partial charge in [-0.3, -0.25) is 9.59 Å². The number of halogens is 1. The highest BCUT2D eigenvalue weighted by molar-refractivity contribution is 9.10. The van der Waals surface area contributed by atoms with Gasteiger partial charge in [0.05, 0.1) is 11.6 Å². The van der Waals surface area contributed by atoms with Crippen LogP contribution in [0, 0.1) is 6.92 Å². The van der Waals surface area contributed by atoms with Gasteiger partial charge in [-0.2, -0.15) is 0 Å². The molecule has 0 spiro atoms. The largest absolute Gasteiger partial charge is 0.508 e. The van der Waals surface area contributed by atoms with Crippen LogP contribution in [-0.4, -0.2) is 32.8 Å². The lowest BCUT2D eigenvalue weighted by Gasteiger charge is -2.30. The summed E-state index contributed by atoms with van der Waals surface area (Å²) in [5.74, 6) is -1.29. The van der Waals surface area contributed by atoms with Crippen molar-refractivity contribution in [1.29, 1.82) is 0 Å². The molecule has 2 N–H and O–H groups in total. The second-order valence-electron chi connectivity index (χ2n) is 7.70. The van der Waals surface area contributed by atoms with E-state index in [2.05, 4.69) is 15.9 Å². The number of aliphatic hydroxyl groups excluding tert-OH is 1. The lowest BCUT2D eigenvalue weighted by molar-refractivity contribution is -0.141. The minimum absolute atomic E-state index is 0.0257. The average Bonchev–Trinajstić information content (AvgIpc) is 3.31. The highest BCUT2D eigenvalue weighted by Gasteiger charge is 2.49. The first-order valence-corrected chi connectivity index (χ1v) is 10.5. The van der Waals surface area contributed by atoms with E-state index in [1.807, 2.05) is 13.0 Å². The molecule has 2 aromatic carbocycles. The smallest absolute Gasteiger partial charge is 0.295 e. The summed E-state index contributed by atoms with van der Waals surface area (Å²) < 4.78 is 0.899. The quantitative estimate of drug-likeness (QED) is 0.394. The molecule has 1 heterocycles. The molecule has 29 heavy (non-hydrogen) atoms. The summed E-state index contributed by atoms with van der Waals surface area (Å²) in [7, 11) is 0. The number of rotatable bonds is 3. The Morgan fingerprint density at radius 1 is 1.07 bits per heavy atom. The number of nitrogens with zero attached hydrogens (tertiary/aromatic N) is 1. The summed E-state index contributed by atoms with van der Waals surface area (Å²) >= 11 is 3.44. The fourth-order valence-corrected chi connectivity index (χ4v) is 4.59. The van der Waals surface area contributed by atoms with Crippen LogP contribution in [0.1, 0.15) is 48.4 Å². The Balaban J connectivity index is 1.89. The minimum Gasteiger partial charge on any atom is -0.508 e. The van der Waals surface area contributed by atoms with Gasteiger partial charge in [0.25, 0.3) is 11.7 Å². The number of hydrogen-bond donors (Lipinski definition) is 2. The molecular weight excluding hydrogens is 434 g/mol. The first-order valence-electron chi connectivity index (χ1n) is 9.74. The number of likely N-dealkylation sites (tertiary alicyclic amines) is 1. The Morgan fingerprint density at radius 2 is 1.72 bits per heavy atom. The predicted molar refractivity (Wildman–Crippen MR) is 113 cm³/mol. The van der Waals surface area contributed by atoms with Crippen LogP contribution in [0.3, 0.4) is 0 Å². The molecule has 2 aliphatic rings. The number of carbonyl (C=O) groups excluding carboxylic acids is 2. The third-order valence-electron chi connectivity index (χ3n) is 5.84. The van der Waals surface area contributed by atoms with Gasteiger partial charge < -0.3 is 15.1 Å². The van der Waals surface area contributed by atoms with Crippen molar-refractivity contribution in [3.8, 4) is 5.75 Å². The maximum absolute atomic E-state index is 13.0. The number of aryl methyl sites for hydroxylation is 1.